The van der Waals surface area contributed by atoms with Gasteiger partial charge in [0.2, 0.25) is 5.91 Å². The van der Waals surface area contributed by atoms with Crippen LogP contribution >= 0.6 is 0 Å². The highest BCUT2D eigenvalue weighted by Gasteiger charge is 2.23. The normalized spacial score (nSPS) is 14.3. The number of carboxylic acids is 1. The number of hydrogen-bond acceptors (Lipinski definition) is 3. The Balaban J connectivity index is 1.92. The standard InChI is InChI=1S/C15H18N2O3/c1-16-13-5-2-11(3-6-13)10-17-9-8-12(15(17)20)4-7-14(18)19/h2-3,5-6,8,16H,4,7,9-10H2,1H3,(H,18,19). The highest BCUT2D eigenvalue weighted by atomic mass is 16.4. The largest absolute Gasteiger partial charge is 0.481 e. The molecule has 20 heavy (non-hydrogen) atoms. The molecule has 2 rings (SSSR count). The van der Waals surface area contributed by atoms with Crippen LogP contribution in [-0.4, -0.2) is 35.5 Å². The maximum absolute atomic E-state index is 12.1. The van der Waals surface area contributed by atoms with Crippen molar-refractivity contribution in [2.75, 3.05) is 18.9 Å². The summed E-state index contributed by atoms with van der Waals surface area (Å²) in [5.74, 6) is -0.927. The van der Waals surface area contributed by atoms with Crippen LogP contribution in [0.3, 0.4) is 0 Å². The van der Waals surface area contributed by atoms with E-state index in [0.29, 0.717) is 25.1 Å². The Morgan fingerprint density at radius 3 is 2.65 bits per heavy atom. The quantitative estimate of drug-likeness (QED) is 0.830. The van der Waals surface area contributed by atoms with E-state index in [-0.39, 0.29) is 12.3 Å². The molecule has 5 nitrogen and oxygen atoms in total. The van der Waals surface area contributed by atoms with Crippen LogP contribution in [0.15, 0.2) is 35.9 Å². The Hall–Kier alpha value is -2.30. The predicted octanol–water partition coefficient (Wildman–Crippen LogP) is 1.86. The summed E-state index contributed by atoms with van der Waals surface area (Å²) in [5, 5.41) is 11.7. The minimum absolute atomic E-state index is 0.00226. The van der Waals surface area contributed by atoms with Crippen molar-refractivity contribution in [1.29, 1.82) is 0 Å². The van der Waals surface area contributed by atoms with Crippen LogP contribution in [-0.2, 0) is 16.1 Å². The first kappa shape index (κ1) is 14.1. The zero-order valence-corrected chi connectivity index (χ0v) is 11.4. The molecule has 1 aromatic rings. The molecule has 1 amide bonds. The fraction of sp³-hybridized carbons (Fsp3) is 0.333. The second kappa shape index (κ2) is 6.23. The minimum atomic E-state index is -0.875. The molecule has 0 spiro atoms. The van der Waals surface area contributed by atoms with Crippen LogP contribution in [0.5, 0.6) is 0 Å². The van der Waals surface area contributed by atoms with Crippen molar-refractivity contribution in [3.8, 4) is 0 Å². The Kier molecular flexibility index (Phi) is 4.40. The van der Waals surface area contributed by atoms with Crippen molar-refractivity contribution in [1.82, 2.24) is 4.90 Å². The second-order valence-electron chi connectivity index (χ2n) is 4.76. The van der Waals surface area contributed by atoms with Crippen LogP contribution in [0.1, 0.15) is 18.4 Å². The summed E-state index contributed by atoms with van der Waals surface area (Å²) in [6, 6.07) is 7.89. The molecule has 0 radical (unpaired) electrons. The number of nitrogens with zero attached hydrogens (tertiary/aromatic N) is 1. The van der Waals surface area contributed by atoms with Gasteiger partial charge in [0, 0.05) is 37.8 Å². The number of amides is 1. The second-order valence-corrected chi connectivity index (χ2v) is 4.76. The smallest absolute Gasteiger partial charge is 0.303 e. The van der Waals surface area contributed by atoms with Crippen molar-refractivity contribution < 1.29 is 14.7 Å². The molecule has 0 unspecified atom stereocenters. The van der Waals surface area contributed by atoms with Crippen molar-refractivity contribution in [3.05, 3.63) is 41.5 Å². The number of hydrogen-bond donors (Lipinski definition) is 2. The molecule has 2 N–H and O–H groups in total. The lowest BCUT2D eigenvalue weighted by Gasteiger charge is -2.17. The van der Waals surface area contributed by atoms with E-state index >= 15 is 0 Å². The first-order chi connectivity index (χ1) is 9.60. The van der Waals surface area contributed by atoms with Gasteiger partial charge >= 0.3 is 5.97 Å². The van der Waals surface area contributed by atoms with Crippen LogP contribution in [0, 0.1) is 0 Å². The Morgan fingerprint density at radius 2 is 2.05 bits per heavy atom. The SMILES string of the molecule is CNc1ccc(CN2CC=C(CCC(=O)O)C2=O)cc1. The van der Waals surface area contributed by atoms with E-state index in [0.717, 1.165) is 11.3 Å². The number of aliphatic carboxylic acids is 1. The molecule has 0 aromatic heterocycles. The van der Waals surface area contributed by atoms with E-state index in [1.165, 1.54) is 0 Å². The van der Waals surface area contributed by atoms with Gasteiger partial charge in [-0.3, -0.25) is 9.59 Å². The fourth-order valence-electron chi connectivity index (χ4n) is 2.18. The number of carboxylic acid groups (broad SMARTS) is 1. The Morgan fingerprint density at radius 1 is 1.35 bits per heavy atom. The third-order valence-corrected chi connectivity index (χ3v) is 3.34. The van der Waals surface area contributed by atoms with E-state index in [4.69, 9.17) is 5.11 Å². The summed E-state index contributed by atoms with van der Waals surface area (Å²) in [7, 11) is 1.86. The maximum Gasteiger partial charge on any atom is 0.303 e. The molecule has 5 heteroatoms. The number of carbonyl (C=O) groups excluding carboxylic acids is 1. The summed E-state index contributed by atoms with van der Waals surface area (Å²) in [6.45, 7) is 1.11. The molecule has 1 aromatic carbocycles. The van der Waals surface area contributed by atoms with E-state index in [9.17, 15) is 9.59 Å². The van der Waals surface area contributed by atoms with E-state index in [2.05, 4.69) is 5.32 Å². The molecule has 0 aliphatic carbocycles. The molecule has 0 bridgehead atoms. The topological polar surface area (TPSA) is 69.6 Å². The average molecular weight is 274 g/mol. The van der Waals surface area contributed by atoms with Gasteiger partial charge in [-0.15, -0.1) is 0 Å². The van der Waals surface area contributed by atoms with Gasteiger partial charge in [0.1, 0.15) is 0 Å². The lowest BCUT2D eigenvalue weighted by Crippen LogP contribution is -2.26. The molecule has 1 aliphatic rings. The number of anilines is 1. The fourth-order valence-corrected chi connectivity index (χ4v) is 2.18. The monoisotopic (exact) mass is 274 g/mol. The van der Waals surface area contributed by atoms with Crippen molar-refractivity contribution in [2.24, 2.45) is 0 Å². The Bertz CT molecular complexity index is 535. The van der Waals surface area contributed by atoms with Crippen molar-refractivity contribution >= 4 is 17.6 Å². The minimum Gasteiger partial charge on any atom is -0.481 e. The summed E-state index contributed by atoms with van der Waals surface area (Å²) >= 11 is 0. The zero-order chi connectivity index (χ0) is 14.5. The third-order valence-electron chi connectivity index (χ3n) is 3.34. The third kappa shape index (κ3) is 3.38. The molecule has 106 valence electrons. The zero-order valence-electron chi connectivity index (χ0n) is 11.4. The lowest BCUT2D eigenvalue weighted by atomic mass is 10.1. The molecule has 0 fully saturated rings. The van der Waals surface area contributed by atoms with Crippen LogP contribution in [0.25, 0.3) is 0 Å². The summed E-state index contributed by atoms with van der Waals surface area (Å²) in [4.78, 5) is 24.4. The molecular weight excluding hydrogens is 256 g/mol. The predicted molar refractivity (Wildman–Crippen MR) is 76.4 cm³/mol. The summed E-state index contributed by atoms with van der Waals surface area (Å²) in [6.07, 6.45) is 2.14. The van der Waals surface area contributed by atoms with Crippen LogP contribution in [0.4, 0.5) is 5.69 Å². The highest BCUT2D eigenvalue weighted by Crippen LogP contribution is 2.19. The van der Waals surface area contributed by atoms with Gasteiger partial charge in [0.05, 0.1) is 0 Å². The van der Waals surface area contributed by atoms with Gasteiger partial charge in [0.15, 0.2) is 0 Å². The number of rotatable bonds is 6. The van der Waals surface area contributed by atoms with E-state index < -0.39 is 5.97 Å². The molecule has 0 saturated carbocycles. The molecule has 0 atom stereocenters. The number of carbonyl (C=O) groups is 2. The lowest BCUT2D eigenvalue weighted by molar-refractivity contribution is -0.136. The number of benzene rings is 1. The molecule has 1 aliphatic heterocycles. The first-order valence-corrected chi connectivity index (χ1v) is 6.57. The van der Waals surface area contributed by atoms with E-state index in [1.54, 1.807) is 4.90 Å². The van der Waals surface area contributed by atoms with Crippen LogP contribution < -0.4 is 5.32 Å². The number of nitrogens with one attached hydrogen (secondary N) is 1. The van der Waals surface area contributed by atoms with Crippen molar-refractivity contribution in [2.45, 2.75) is 19.4 Å². The van der Waals surface area contributed by atoms with E-state index in [1.807, 2.05) is 37.4 Å². The van der Waals surface area contributed by atoms with Gasteiger partial charge in [0.25, 0.3) is 0 Å². The molecular formula is C15H18N2O3. The summed E-state index contributed by atoms with van der Waals surface area (Å²) in [5.41, 5.74) is 2.70. The molecule has 0 saturated heterocycles. The summed E-state index contributed by atoms with van der Waals surface area (Å²) < 4.78 is 0. The maximum atomic E-state index is 12.1. The van der Waals surface area contributed by atoms with Gasteiger partial charge in [-0.05, 0) is 24.1 Å². The van der Waals surface area contributed by atoms with Gasteiger partial charge in [-0.2, -0.15) is 0 Å². The average Bonchev–Trinajstić information content (AvgIpc) is 2.78. The van der Waals surface area contributed by atoms with Crippen molar-refractivity contribution in [3.63, 3.8) is 0 Å². The van der Waals surface area contributed by atoms with Crippen LogP contribution in [0.2, 0.25) is 0 Å². The Labute approximate surface area is 117 Å². The van der Waals surface area contributed by atoms with Gasteiger partial charge < -0.3 is 15.3 Å². The van der Waals surface area contributed by atoms with Gasteiger partial charge in [-0.25, -0.2) is 0 Å². The van der Waals surface area contributed by atoms with Gasteiger partial charge in [-0.1, -0.05) is 18.2 Å². The highest BCUT2D eigenvalue weighted by molar-refractivity contribution is 5.96. The molecule has 1 heterocycles. The first-order valence-electron chi connectivity index (χ1n) is 6.57.